The van der Waals surface area contributed by atoms with Crippen molar-refractivity contribution >= 4 is 10.8 Å². The number of fused-ring (bicyclic) bond motifs is 1. The van der Waals surface area contributed by atoms with E-state index < -0.39 is 0 Å². The van der Waals surface area contributed by atoms with Gasteiger partial charge in [0, 0.05) is 5.39 Å². The largest absolute Gasteiger partial charge is 0.493 e. The second-order valence-corrected chi connectivity index (χ2v) is 5.74. The van der Waals surface area contributed by atoms with E-state index in [1.54, 1.807) is 0 Å². The molecule has 0 saturated carbocycles. The van der Waals surface area contributed by atoms with E-state index in [1.807, 2.05) is 0 Å². The van der Waals surface area contributed by atoms with Gasteiger partial charge in [-0.2, -0.15) is 0 Å². The Kier molecular flexibility index (Phi) is 5.12. The minimum absolute atomic E-state index is 0.813. The van der Waals surface area contributed by atoms with Gasteiger partial charge in [0.25, 0.3) is 0 Å². The number of nitrogens with zero attached hydrogens (tertiary/aromatic N) is 1. The summed E-state index contributed by atoms with van der Waals surface area (Å²) in [6.07, 6.45) is 7.27. The number of benzene rings is 2. The molecule has 2 aromatic carbocycles. The quantitative estimate of drug-likeness (QED) is 0.732. The van der Waals surface area contributed by atoms with Crippen molar-refractivity contribution < 1.29 is 4.74 Å². The van der Waals surface area contributed by atoms with Crippen molar-refractivity contribution in [1.29, 1.82) is 0 Å². The van der Waals surface area contributed by atoms with Crippen molar-refractivity contribution in [2.75, 3.05) is 26.2 Å². The van der Waals surface area contributed by atoms with E-state index in [0.29, 0.717) is 0 Å². The predicted octanol–water partition coefficient (Wildman–Crippen LogP) is 4.30. The highest BCUT2D eigenvalue weighted by atomic mass is 16.5. The van der Waals surface area contributed by atoms with Gasteiger partial charge in [-0.15, -0.1) is 0 Å². The van der Waals surface area contributed by atoms with Crippen molar-refractivity contribution in [3.63, 3.8) is 0 Å². The summed E-state index contributed by atoms with van der Waals surface area (Å²) in [7, 11) is 0. The van der Waals surface area contributed by atoms with Crippen molar-refractivity contribution in [2.24, 2.45) is 0 Å². The summed E-state index contributed by atoms with van der Waals surface area (Å²) >= 11 is 0. The van der Waals surface area contributed by atoms with E-state index in [9.17, 15) is 0 Å². The first-order valence-electron chi connectivity index (χ1n) is 8.08. The average Bonchev–Trinajstić information content (AvgIpc) is 2.56. The lowest BCUT2D eigenvalue weighted by Gasteiger charge is -2.26. The molecule has 21 heavy (non-hydrogen) atoms. The van der Waals surface area contributed by atoms with Crippen LogP contribution < -0.4 is 4.74 Å². The van der Waals surface area contributed by atoms with Gasteiger partial charge in [0.15, 0.2) is 0 Å². The monoisotopic (exact) mass is 282 g/mol. The molecule has 3 rings (SSSR count). The summed E-state index contributed by atoms with van der Waals surface area (Å²) < 4.78 is 5.98. The minimum Gasteiger partial charge on any atom is -0.493 e. The smallest absolute Gasteiger partial charge is 0.127 e. The van der Waals surface area contributed by atoms with Crippen LogP contribution in [0.4, 0.5) is 0 Å². The van der Waals surface area contributed by atoms with Crippen molar-refractivity contribution in [2.45, 2.75) is 25.7 Å². The fourth-order valence-corrected chi connectivity index (χ4v) is 2.97. The molecular weight excluding hydrogens is 258 g/mol. The molecule has 2 nitrogen and oxygen atoms in total. The van der Waals surface area contributed by atoms with Gasteiger partial charge in [0.05, 0.1) is 6.61 Å². The molecule has 2 aromatic rings. The van der Waals surface area contributed by atoms with E-state index in [1.165, 1.54) is 49.7 Å². The third-order valence-electron chi connectivity index (χ3n) is 4.17. The summed E-state index contributed by atoms with van der Waals surface area (Å²) in [4.78, 5) is 2.57. The van der Waals surface area contributed by atoms with Crippen molar-refractivity contribution in [3.05, 3.63) is 48.9 Å². The van der Waals surface area contributed by atoms with Crippen LogP contribution in [-0.4, -0.2) is 31.1 Å². The van der Waals surface area contributed by atoms with Gasteiger partial charge in [-0.3, -0.25) is 0 Å². The highest BCUT2D eigenvalue weighted by Crippen LogP contribution is 2.25. The molecule has 1 aliphatic heterocycles. The Bertz CT molecular complexity index is 555. The molecule has 0 aliphatic carbocycles. The number of hydrogen-bond acceptors (Lipinski definition) is 2. The van der Waals surface area contributed by atoms with Crippen LogP contribution >= 0.6 is 0 Å². The Morgan fingerprint density at radius 2 is 1.71 bits per heavy atom. The predicted molar refractivity (Wildman–Crippen MR) is 88.7 cm³/mol. The number of piperidine rings is 1. The summed E-state index contributed by atoms with van der Waals surface area (Å²) in [5.74, 6) is 1.01. The Hall–Kier alpha value is -1.54. The van der Waals surface area contributed by atoms with E-state index >= 15 is 0 Å². The van der Waals surface area contributed by atoms with Gasteiger partial charge in [-0.05, 0) is 63.2 Å². The van der Waals surface area contributed by atoms with Gasteiger partial charge in [0.1, 0.15) is 5.75 Å². The second kappa shape index (κ2) is 7.46. The van der Waals surface area contributed by atoms with Crippen LogP contribution in [0.15, 0.2) is 42.5 Å². The third kappa shape index (κ3) is 3.98. The number of hydrogen-bond donors (Lipinski definition) is 0. The first-order valence-corrected chi connectivity index (χ1v) is 8.08. The Morgan fingerprint density at radius 3 is 2.62 bits per heavy atom. The first kappa shape index (κ1) is 14.4. The number of ether oxygens (including phenoxy) is 1. The molecule has 0 aromatic heterocycles. The topological polar surface area (TPSA) is 12.5 Å². The fourth-order valence-electron chi connectivity index (χ4n) is 2.97. The Balaban J connectivity index is 1.44. The number of unbranched alkanes of at least 4 members (excludes halogenated alkanes) is 1. The van der Waals surface area contributed by atoms with Crippen LogP contribution in [0.5, 0.6) is 5.75 Å². The molecule has 2 heteroatoms. The SMILES string of the molecule is [CH]1CCN(CCCCOc2cccc3ccccc23)CC1. The molecule has 1 radical (unpaired) electrons. The second-order valence-electron chi connectivity index (χ2n) is 5.74. The third-order valence-corrected chi connectivity index (χ3v) is 4.17. The van der Waals surface area contributed by atoms with Gasteiger partial charge in [0.2, 0.25) is 0 Å². The molecule has 111 valence electrons. The lowest BCUT2D eigenvalue weighted by Crippen LogP contribution is -2.30. The van der Waals surface area contributed by atoms with E-state index in [0.717, 1.165) is 18.8 Å². The van der Waals surface area contributed by atoms with Crippen LogP contribution in [0.2, 0.25) is 0 Å². The van der Waals surface area contributed by atoms with Crippen LogP contribution in [0.25, 0.3) is 10.8 Å². The normalized spacial score (nSPS) is 16.2. The number of rotatable bonds is 6. The van der Waals surface area contributed by atoms with E-state index in [2.05, 4.69) is 53.8 Å². The highest BCUT2D eigenvalue weighted by molar-refractivity contribution is 5.88. The van der Waals surface area contributed by atoms with E-state index in [4.69, 9.17) is 4.74 Å². The molecule has 1 aliphatic rings. The zero-order chi connectivity index (χ0) is 14.3. The average molecular weight is 282 g/mol. The zero-order valence-corrected chi connectivity index (χ0v) is 12.6. The molecule has 1 saturated heterocycles. The minimum atomic E-state index is 0.813. The molecule has 0 bridgehead atoms. The molecule has 1 heterocycles. The van der Waals surface area contributed by atoms with Gasteiger partial charge < -0.3 is 9.64 Å². The Labute approximate surface area is 127 Å². The molecular formula is C19H24NO. The van der Waals surface area contributed by atoms with Crippen LogP contribution in [0.1, 0.15) is 25.7 Å². The lowest BCUT2D eigenvalue weighted by atomic mass is 10.1. The maximum atomic E-state index is 5.98. The summed E-state index contributed by atoms with van der Waals surface area (Å²) in [6.45, 7) is 4.51. The zero-order valence-electron chi connectivity index (χ0n) is 12.6. The van der Waals surface area contributed by atoms with Gasteiger partial charge in [-0.25, -0.2) is 0 Å². The van der Waals surface area contributed by atoms with Gasteiger partial charge in [-0.1, -0.05) is 36.4 Å². The van der Waals surface area contributed by atoms with Crippen molar-refractivity contribution in [3.8, 4) is 5.75 Å². The Morgan fingerprint density at radius 1 is 0.905 bits per heavy atom. The van der Waals surface area contributed by atoms with E-state index in [-0.39, 0.29) is 0 Å². The summed E-state index contributed by atoms with van der Waals surface area (Å²) in [5.41, 5.74) is 0. The standard InChI is InChI=1S/C19H24NO/c1-4-13-20(14-5-1)15-6-7-16-21-19-12-8-10-17-9-2-3-11-18(17)19/h1-3,8-12H,4-7,13-16H2. The lowest BCUT2D eigenvalue weighted by molar-refractivity contribution is 0.236. The summed E-state index contributed by atoms with van der Waals surface area (Å²) in [5, 5.41) is 2.46. The maximum absolute atomic E-state index is 5.98. The molecule has 0 atom stereocenters. The molecule has 0 unspecified atom stereocenters. The highest BCUT2D eigenvalue weighted by Gasteiger charge is 2.09. The van der Waals surface area contributed by atoms with Gasteiger partial charge >= 0.3 is 0 Å². The fraction of sp³-hybridized carbons (Fsp3) is 0.421. The van der Waals surface area contributed by atoms with Crippen LogP contribution in [0.3, 0.4) is 0 Å². The molecule has 0 spiro atoms. The van der Waals surface area contributed by atoms with Crippen molar-refractivity contribution in [1.82, 2.24) is 4.90 Å². The maximum Gasteiger partial charge on any atom is 0.127 e. The molecule has 0 amide bonds. The first-order chi connectivity index (χ1) is 10.4. The molecule has 1 fully saturated rings. The van der Waals surface area contributed by atoms with Crippen LogP contribution in [-0.2, 0) is 0 Å². The summed E-state index contributed by atoms with van der Waals surface area (Å²) in [6, 6.07) is 14.7. The molecule has 0 N–H and O–H groups in total. The number of likely N-dealkylation sites (tertiary alicyclic amines) is 1. The van der Waals surface area contributed by atoms with Crippen LogP contribution in [0, 0.1) is 6.42 Å².